The van der Waals surface area contributed by atoms with Gasteiger partial charge in [0.1, 0.15) is 17.2 Å². The lowest BCUT2D eigenvalue weighted by molar-refractivity contribution is 0.0677. The molecule has 3 aromatic carbocycles. The molecule has 1 fully saturated rings. The van der Waals surface area contributed by atoms with Crippen LogP contribution in [0.15, 0.2) is 65.1 Å². The Morgan fingerprint density at radius 1 is 1.11 bits per heavy atom. The summed E-state index contributed by atoms with van der Waals surface area (Å²) < 4.78 is 21.4. The van der Waals surface area contributed by atoms with E-state index in [4.69, 9.17) is 4.42 Å². The van der Waals surface area contributed by atoms with E-state index >= 15 is 4.39 Å². The van der Waals surface area contributed by atoms with Crippen molar-refractivity contribution in [1.29, 1.82) is 0 Å². The molecular weight excluding hydrogens is 467 g/mol. The van der Waals surface area contributed by atoms with Crippen molar-refractivity contribution in [3.8, 4) is 11.3 Å². The van der Waals surface area contributed by atoms with Gasteiger partial charge in [0.25, 0.3) is 5.91 Å². The van der Waals surface area contributed by atoms with E-state index in [-0.39, 0.29) is 23.9 Å². The van der Waals surface area contributed by atoms with Crippen LogP contribution in [0, 0.1) is 5.82 Å². The van der Waals surface area contributed by atoms with Gasteiger partial charge in [0, 0.05) is 36.3 Å². The highest BCUT2D eigenvalue weighted by Gasteiger charge is 2.29. The first-order chi connectivity index (χ1) is 17.9. The number of halogens is 1. The van der Waals surface area contributed by atoms with Crippen molar-refractivity contribution in [1.82, 2.24) is 4.90 Å². The highest BCUT2D eigenvalue weighted by Crippen LogP contribution is 2.36. The number of carbonyl (C=O) groups is 1. The SMILES string of the molecule is CCc1cc(C(=O)N2CCc3ccccc3C2C)cc2cc(-c3ccc(N4CCC(O)C4)cc3F)oc12. The first-order valence-corrected chi connectivity index (χ1v) is 13.1. The van der Waals surface area contributed by atoms with Crippen LogP contribution in [0.2, 0.25) is 0 Å². The lowest BCUT2D eigenvalue weighted by atomic mass is 9.92. The highest BCUT2D eigenvalue weighted by atomic mass is 19.1. The third-order valence-corrected chi connectivity index (χ3v) is 7.92. The number of aliphatic hydroxyl groups excluding tert-OH is 1. The summed E-state index contributed by atoms with van der Waals surface area (Å²) in [6, 6.07) is 19.1. The average molecular weight is 499 g/mol. The van der Waals surface area contributed by atoms with Crippen LogP contribution in [0.25, 0.3) is 22.3 Å². The zero-order chi connectivity index (χ0) is 25.7. The molecule has 6 heteroatoms. The van der Waals surface area contributed by atoms with Crippen LogP contribution in [-0.2, 0) is 12.8 Å². The average Bonchev–Trinajstić information content (AvgIpc) is 3.54. The van der Waals surface area contributed by atoms with E-state index in [9.17, 15) is 9.90 Å². The van der Waals surface area contributed by atoms with Crippen LogP contribution in [0.3, 0.4) is 0 Å². The Labute approximate surface area is 216 Å². The van der Waals surface area contributed by atoms with Crippen molar-refractivity contribution < 1.29 is 18.7 Å². The largest absolute Gasteiger partial charge is 0.456 e. The Morgan fingerprint density at radius 2 is 1.95 bits per heavy atom. The van der Waals surface area contributed by atoms with Crippen LogP contribution in [0.5, 0.6) is 0 Å². The molecule has 0 bridgehead atoms. The molecule has 2 unspecified atom stereocenters. The second-order valence-corrected chi connectivity index (χ2v) is 10.2. The smallest absolute Gasteiger partial charge is 0.254 e. The molecule has 2 aliphatic heterocycles. The van der Waals surface area contributed by atoms with Crippen LogP contribution in [-0.4, -0.2) is 41.7 Å². The van der Waals surface area contributed by atoms with Crippen molar-refractivity contribution in [3.05, 3.63) is 88.7 Å². The monoisotopic (exact) mass is 498 g/mol. The minimum Gasteiger partial charge on any atom is -0.456 e. The lowest BCUT2D eigenvalue weighted by Gasteiger charge is -2.35. The van der Waals surface area contributed by atoms with Gasteiger partial charge < -0.3 is 19.3 Å². The molecule has 2 aliphatic rings. The molecule has 1 saturated heterocycles. The Hall–Kier alpha value is -3.64. The fraction of sp³-hybridized carbons (Fsp3) is 0.323. The number of aryl methyl sites for hydroxylation is 1. The van der Waals surface area contributed by atoms with Crippen molar-refractivity contribution >= 4 is 22.6 Å². The predicted octanol–water partition coefficient (Wildman–Crippen LogP) is 6.13. The summed E-state index contributed by atoms with van der Waals surface area (Å²) in [5.74, 6) is 0.0814. The van der Waals surface area contributed by atoms with E-state index in [0.717, 1.165) is 23.1 Å². The normalized spacial score (nSPS) is 19.5. The second kappa shape index (κ2) is 9.34. The van der Waals surface area contributed by atoms with Crippen LogP contribution in [0.1, 0.15) is 53.4 Å². The zero-order valence-electron chi connectivity index (χ0n) is 21.2. The van der Waals surface area contributed by atoms with Gasteiger partial charge in [0.15, 0.2) is 0 Å². The number of furan rings is 1. The summed E-state index contributed by atoms with van der Waals surface area (Å²) >= 11 is 0. The minimum atomic E-state index is -0.370. The van der Waals surface area contributed by atoms with Crippen molar-refractivity contribution in [2.24, 2.45) is 0 Å². The van der Waals surface area contributed by atoms with Gasteiger partial charge in [-0.3, -0.25) is 4.79 Å². The molecule has 5 nitrogen and oxygen atoms in total. The number of rotatable bonds is 4. The number of hydrogen-bond acceptors (Lipinski definition) is 4. The van der Waals surface area contributed by atoms with E-state index in [1.807, 2.05) is 53.1 Å². The second-order valence-electron chi connectivity index (χ2n) is 10.2. The van der Waals surface area contributed by atoms with Gasteiger partial charge in [-0.15, -0.1) is 0 Å². The molecule has 190 valence electrons. The van der Waals surface area contributed by atoms with Gasteiger partial charge in [-0.2, -0.15) is 0 Å². The standard InChI is InChI=1S/C31H31FN2O3/c1-3-20-14-23(31(36)34-13-10-21-6-4-5-7-26(21)19(34)2)15-22-16-29(37-30(20)22)27-9-8-24(17-28(27)32)33-12-11-25(35)18-33/h4-9,14-17,19,25,35H,3,10-13,18H2,1-2H3. The Balaban J connectivity index is 1.33. The molecule has 0 spiro atoms. The summed E-state index contributed by atoms with van der Waals surface area (Å²) in [4.78, 5) is 17.6. The molecule has 1 amide bonds. The number of nitrogens with zero attached hydrogens (tertiary/aromatic N) is 2. The summed E-state index contributed by atoms with van der Waals surface area (Å²) in [6.07, 6.45) is 1.86. The molecule has 6 rings (SSSR count). The van der Waals surface area contributed by atoms with E-state index in [1.165, 1.54) is 17.2 Å². The Morgan fingerprint density at radius 3 is 2.70 bits per heavy atom. The maximum Gasteiger partial charge on any atom is 0.254 e. The lowest BCUT2D eigenvalue weighted by Crippen LogP contribution is -2.38. The topological polar surface area (TPSA) is 56.9 Å². The molecule has 0 radical (unpaired) electrons. The molecule has 2 atom stereocenters. The molecule has 1 aromatic heterocycles. The van der Waals surface area contributed by atoms with E-state index in [0.29, 0.717) is 54.9 Å². The Bertz CT molecular complexity index is 1490. The quantitative estimate of drug-likeness (QED) is 0.368. The molecule has 0 saturated carbocycles. The van der Waals surface area contributed by atoms with Gasteiger partial charge >= 0.3 is 0 Å². The number of carbonyl (C=O) groups excluding carboxylic acids is 1. The van der Waals surface area contributed by atoms with Crippen LogP contribution >= 0.6 is 0 Å². The fourth-order valence-electron chi connectivity index (χ4n) is 5.84. The van der Waals surface area contributed by atoms with Gasteiger partial charge in [0.2, 0.25) is 0 Å². The highest BCUT2D eigenvalue weighted by molar-refractivity contribution is 6.00. The van der Waals surface area contributed by atoms with Gasteiger partial charge in [-0.05, 0) is 79.3 Å². The third kappa shape index (κ3) is 4.19. The molecular formula is C31H31FN2O3. The van der Waals surface area contributed by atoms with Crippen LogP contribution in [0.4, 0.5) is 10.1 Å². The minimum absolute atomic E-state index is 0.00228. The van der Waals surface area contributed by atoms with Crippen molar-refractivity contribution in [3.63, 3.8) is 0 Å². The third-order valence-electron chi connectivity index (χ3n) is 7.92. The van der Waals surface area contributed by atoms with Gasteiger partial charge in [-0.25, -0.2) is 4.39 Å². The summed E-state index contributed by atoms with van der Waals surface area (Å²) in [7, 11) is 0. The number of anilines is 1. The number of fused-ring (bicyclic) bond motifs is 2. The Kier molecular flexibility index (Phi) is 6.00. The zero-order valence-corrected chi connectivity index (χ0v) is 21.2. The number of amides is 1. The van der Waals surface area contributed by atoms with Gasteiger partial charge in [-0.1, -0.05) is 31.2 Å². The molecule has 3 heterocycles. The number of β-amino-alcohol motifs (C(OH)–C–C–N with tert-alkyl or cyclic N) is 1. The van der Waals surface area contributed by atoms with E-state index in [2.05, 4.69) is 19.1 Å². The molecule has 4 aromatic rings. The number of benzene rings is 3. The summed E-state index contributed by atoms with van der Waals surface area (Å²) in [5.41, 5.74) is 5.90. The molecule has 37 heavy (non-hydrogen) atoms. The number of hydrogen-bond donors (Lipinski definition) is 1. The maximum atomic E-state index is 15.2. The molecule has 1 N–H and O–H groups in total. The molecule has 0 aliphatic carbocycles. The predicted molar refractivity (Wildman–Crippen MR) is 143 cm³/mol. The van der Waals surface area contributed by atoms with E-state index < -0.39 is 0 Å². The first-order valence-electron chi connectivity index (χ1n) is 13.1. The van der Waals surface area contributed by atoms with E-state index in [1.54, 1.807) is 6.07 Å². The van der Waals surface area contributed by atoms with Gasteiger partial charge in [0.05, 0.1) is 17.7 Å². The number of aliphatic hydroxyl groups is 1. The fourth-order valence-corrected chi connectivity index (χ4v) is 5.84. The first kappa shape index (κ1) is 23.7. The van der Waals surface area contributed by atoms with Crippen molar-refractivity contribution in [2.45, 2.75) is 45.3 Å². The van der Waals surface area contributed by atoms with Crippen molar-refractivity contribution in [2.75, 3.05) is 24.5 Å². The summed E-state index contributed by atoms with van der Waals surface area (Å²) in [6.45, 7) is 6.02. The summed E-state index contributed by atoms with van der Waals surface area (Å²) in [5, 5.41) is 10.6. The van der Waals surface area contributed by atoms with Crippen LogP contribution < -0.4 is 4.90 Å². The maximum absolute atomic E-state index is 15.2.